The van der Waals surface area contributed by atoms with Crippen molar-refractivity contribution in [2.75, 3.05) is 17.6 Å². The number of halogens is 2. The number of hydrogen-bond donors (Lipinski definition) is 2. The first-order valence-corrected chi connectivity index (χ1v) is 8.87. The molecule has 3 heterocycles. The Bertz CT molecular complexity index is 988. The first-order chi connectivity index (χ1) is 13.5. The van der Waals surface area contributed by atoms with Gasteiger partial charge in [0.2, 0.25) is 11.9 Å². The number of aryl methyl sites for hydroxylation is 1. The van der Waals surface area contributed by atoms with Crippen LogP contribution in [0.15, 0.2) is 36.9 Å². The van der Waals surface area contributed by atoms with Gasteiger partial charge in [0.15, 0.2) is 0 Å². The molecule has 3 aromatic rings. The Labute approximate surface area is 160 Å². The number of alkyl halides is 1. The maximum absolute atomic E-state index is 14.2. The van der Waals surface area contributed by atoms with Crippen molar-refractivity contribution in [2.45, 2.75) is 31.4 Å². The van der Waals surface area contributed by atoms with Crippen LogP contribution in [0.1, 0.15) is 24.1 Å². The molecule has 0 unspecified atom stereocenters. The van der Waals surface area contributed by atoms with E-state index >= 15 is 0 Å². The number of rotatable bonds is 5. The SMILES string of the molecule is Cc1cnc(N)nc1-c1cnc(NC[C@]2(c3ncccc3F)C[C@H](F)C2)nc1. The summed E-state index contributed by atoms with van der Waals surface area (Å²) in [5.41, 5.74) is 7.44. The number of pyridine rings is 1. The fourth-order valence-electron chi connectivity index (χ4n) is 3.52. The third-order valence-electron chi connectivity index (χ3n) is 4.99. The van der Waals surface area contributed by atoms with Gasteiger partial charge >= 0.3 is 0 Å². The van der Waals surface area contributed by atoms with Crippen LogP contribution in [-0.4, -0.2) is 37.6 Å². The van der Waals surface area contributed by atoms with Crippen molar-refractivity contribution in [1.82, 2.24) is 24.9 Å². The van der Waals surface area contributed by atoms with Gasteiger partial charge in [0.05, 0.1) is 11.4 Å². The molecule has 7 nitrogen and oxygen atoms in total. The monoisotopic (exact) mass is 383 g/mol. The Morgan fingerprint density at radius 1 is 1.18 bits per heavy atom. The van der Waals surface area contributed by atoms with Crippen LogP contribution in [-0.2, 0) is 5.41 Å². The summed E-state index contributed by atoms with van der Waals surface area (Å²) in [6, 6.07) is 2.87. The second-order valence-corrected chi connectivity index (χ2v) is 7.03. The van der Waals surface area contributed by atoms with Crippen LogP contribution >= 0.6 is 0 Å². The molecule has 0 saturated heterocycles. The van der Waals surface area contributed by atoms with Crippen molar-refractivity contribution in [2.24, 2.45) is 0 Å². The zero-order valence-corrected chi connectivity index (χ0v) is 15.2. The number of nitrogens with one attached hydrogen (secondary N) is 1. The normalized spacial score (nSPS) is 21.2. The molecule has 3 N–H and O–H groups in total. The first kappa shape index (κ1) is 18.1. The van der Waals surface area contributed by atoms with Crippen LogP contribution < -0.4 is 11.1 Å². The quantitative estimate of drug-likeness (QED) is 0.698. The average Bonchev–Trinajstić information content (AvgIpc) is 2.67. The maximum Gasteiger partial charge on any atom is 0.222 e. The molecule has 3 aromatic heterocycles. The second-order valence-electron chi connectivity index (χ2n) is 7.03. The van der Waals surface area contributed by atoms with E-state index in [0.717, 1.165) is 5.56 Å². The molecule has 0 radical (unpaired) electrons. The lowest BCUT2D eigenvalue weighted by molar-refractivity contribution is 0.0963. The lowest BCUT2D eigenvalue weighted by Crippen LogP contribution is -2.49. The van der Waals surface area contributed by atoms with Crippen LogP contribution in [0.25, 0.3) is 11.3 Å². The highest BCUT2D eigenvalue weighted by atomic mass is 19.1. The van der Waals surface area contributed by atoms with Gasteiger partial charge < -0.3 is 11.1 Å². The molecule has 0 amide bonds. The molecule has 144 valence electrons. The van der Waals surface area contributed by atoms with E-state index in [1.54, 1.807) is 18.6 Å². The van der Waals surface area contributed by atoms with Gasteiger partial charge in [-0.25, -0.2) is 28.7 Å². The molecule has 1 aliphatic carbocycles. The van der Waals surface area contributed by atoms with Gasteiger partial charge in [0, 0.05) is 42.3 Å². The van der Waals surface area contributed by atoms with Crippen LogP contribution in [0.5, 0.6) is 0 Å². The Morgan fingerprint density at radius 2 is 1.93 bits per heavy atom. The Balaban J connectivity index is 1.52. The van der Waals surface area contributed by atoms with E-state index in [1.807, 2.05) is 6.92 Å². The summed E-state index contributed by atoms with van der Waals surface area (Å²) in [7, 11) is 0. The molecular weight excluding hydrogens is 364 g/mol. The highest BCUT2D eigenvalue weighted by Crippen LogP contribution is 2.45. The van der Waals surface area contributed by atoms with Crippen LogP contribution in [0.2, 0.25) is 0 Å². The number of nitrogen functional groups attached to an aromatic ring is 1. The predicted molar refractivity (Wildman–Crippen MR) is 101 cm³/mol. The van der Waals surface area contributed by atoms with Crippen molar-refractivity contribution < 1.29 is 8.78 Å². The molecule has 1 aliphatic rings. The summed E-state index contributed by atoms with van der Waals surface area (Å²) < 4.78 is 27.8. The highest BCUT2D eigenvalue weighted by molar-refractivity contribution is 5.62. The maximum atomic E-state index is 14.2. The molecule has 0 aliphatic heterocycles. The molecular formula is C19H19F2N7. The lowest BCUT2D eigenvalue weighted by Gasteiger charge is -2.43. The van der Waals surface area contributed by atoms with Crippen LogP contribution in [0.3, 0.4) is 0 Å². The number of hydrogen-bond acceptors (Lipinski definition) is 7. The van der Waals surface area contributed by atoms with Crippen molar-refractivity contribution in [3.05, 3.63) is 54.0 Å². The topological polar surface area (TPSA) is 102 Å². The predicted octanol–water partition coefficient (Wildman–Crippen LogP) is 2.84. The Morgan fingerprint density at radius 3 is 2.61 bits per heavy atom. The average molecular weight is 383 g/mol. The summed E-state index contributed by atoms with van der Waals surface area (Å²) in [4.78, 5) is 20.9. The van der Waals surface area contributed by atoms with E-state index in [9.17, 15) is 8.78 Å². The number of anilines is 2. The summed E-state index contributed by atoms with van der Waals surface area (Å²) in [5.74, 6) is 0.110. The number of aromatic nitrogens is 5. The van der Waals surface area contributed by atoms with Crippen LogP contribution in [0, 0.1) is 12.7 Å². The largest absolute Gasteiger partial charge is 0.368 e. The minimum absolute atomic E-state index is 0.174. The lowest BCUT2D eigenvalue weighted by atomic mass is 9.65. The molecule has 28 heavy (non-hydrogen) atoms. The van der Waals surface area contributed by atoms with E-state index in [1.165, 1.54) is 18.3 Å². The zero-order chi connectivity index (χ0) is 19.7. The van der Waals surface area contributed by atoms with Crippen molar-refractivity contribution in [3.63, 3.8) is 0 Å². The number of nitrogens with two attached hydrogens (primary N) is 1. The first-order valence-electron chi connectivity index (χ1n) is 8.87. The van der Waals surface area contributed by atoms with Gasteiger partial charge in [-0.05, 0) is 37.5 Å². The summed E-state index contributed by atoms with van der Waals surface area (Å²) in [5, 5.41) is 3.09. The van der Waals surface area contributed by atoms with E-state index in [0.29, 0.717) is 23.8 Å². The van der Waals surface area contributed by atoms with Crippen molar-refractivity contribution in [3.8, 4) is 11.3 Å². The minimum Gasteiger partial charge on any atom is -0.368 e. The Kier molecular flexibility index (Phi) is 4.58. The third kappa shape index (κ3) is 3.35. The molecule has 1 fully saturated rings. The van der Waals surface area contributed by atoms with Gasteiger partial charge in [-0.3, -0.25) is 4.98 Å². The zero-order valence-electron chi connectivity index (χ0n) is 15.2. The standard InChI is InChI=1S/C19H19F2N7/c1-11-7-24-17(22)28-15(11)12-8-25-18(26-9-12)27-10-19(5-13(20)6-19)16-14(21)3-2-4-23-16/h2-4,7-9,13H,5-6,10H2,1H3,(H2,22,24,28)(H,25,26,27)/t13-,19-. The van der Waals surface area contributed by atoms with Gasteiger partial charge in [-0.1, -0.05) is 0 Å². The van der Waals surface area contributed by atoms with Crippen LogP contribution in [0.4, 0.5) is 20.7 Å². The smallest absolute Gasteiger partial charge is 0.222 e. The molecule has 4 rings (SSSR count). The van der Waals surface area contributed by atoms with E-state index in [-0.39, 0.29) is 24.5 Å². The summed E-state index contributed by atoms with van der Waals surface area (Å²) in [6.45, 7) is 2.16. The van der Waals surface area contributed by atoms with E-state index < -0.39 is 17.4 Å². The molecule has 1 saturated carbocycles. The molecule has 0 spiro atoms. The highest BCUT2D eigenvalue weighted by Gasteiger charge is 2.48. The van der Waals surface area contributed by atoms with Gasteiger partial charge in [0.1, 0.15) is 12.0 Å². The summed E-state index contributed by atoms with van der Waals surface area (Å²) >= 11 is 0. The molecule has 9 heteroatoms. The Hall–Kier alpha value is -3.23. The van der Waals surface area contributed by atoms with Gasteiger partial charge in [-0.15, -0.1) is 0 Å². The van der Waals surface area contributed by atoms with Gasteiger partial charge in [-0.2, -0.15) is 0 Å². The molecule has 0 bridgehead atoms. The molecule has 0 aromatic carbocycles. The summed E-state index contributed by atoms with van der Waals surface area (Å²) in [6.07, 6.45) is 5.87. The third-order valence-corrected chi connectivity index (χ3v) is 4.99. The fraction of sp³-hybridized carbons (Fsp3) is 0.316. The van der Waals surface area contributed by atoms with Gasteiger partial charge in [0.25, 0.3) is 0 Å². The van der Waals surface area contributed by atoms with Crippen molar-refractivity contribution >= 4 is 11.9 Å². The van der Waals surface area contributed by atoms with E-state index in [4.69, 9.17) is 5.73 Å². The minimum atomic E-state index is -0.960. The van der Waals surface area contributed by atoms with E-state index in [2.05, 4.69) is 30.2 Å². The second kappa shape index (κ2) is 7.06. The van der Waals surface area contributed by atoms with Crippen molar-refractivity contribution in [1.29, 1.82) is 0 Å². The number of nitrogens with zero attached hydrogens (tertiary/aromatic N) is 5. The molecule has 0 atom stereocenters. The fourth-order valence-corrected chi connectivity index (χ4v) is 3.52.